The number of carbonyl (C=O) groups is 1. The van der Waals surface area contributed by atoms with Crippen LogP contribution in [0.2, 0.25) is 0 Å². The van der Waals surface area contributed by atoms with Crippen molar-refractivity contribution >= 4 is 35.8 Å². The van der Waals surface area contributed by atoms with Crippen LogP contribution < -0.4 is 5.32 Å². The van der Waals surface area contributed by atoms with E-state index in [1.807, 2.05) is 42.8 Å². The number of guanidine groups is 1. The van der Waals surface area contributed by atoms with Crippen LogP contribution in [0.1, 0.15) is 19.6 Å². The fourth-order valence-corrected chi connectivity index (χ4v) is 2.16. The van der Waals surface area contributed by atoms with Crippen molar-refractivity contribution in [2.75, 3.05) is 39.8 Å². The Morgan fingerprint density at radius 1 is 1.42 bits per heavy atom. The first kappa shape index (κ1) is 22.5. The zero-order valence-corrected chi connectivity index (χ0v) is 17.2. The molecule has 136 valence electrons. The topological polar surface area (TPSA) is 61.1 Å². The molecule has 6 nitrogen and oxygen atoms in total. The quantitative estimate of drug-likeness (QED) is 0.273. The van der Waals surface area contributed by atoms with Crippen molar-refractivity contribution in [2.45, 2.75) is 20.3 Å². The molecule has 1 rings (SSSR count). The summed E-state index contributed by atoms with van der Waals surface area (Å²) in [6.07, 6.45) is 4.15. The van der Waals surface area contributed by atoms with Crippen LogP contribution in [0.15, 0.2) is 40.5 Å². The summed E-state index contributed by atoms with van der Waals surface area (Å²) in [7, 11) is 1.86. The Balaban J connectivity index is 0.00000529. The maximum absolute atomic E-state index is 12.2. The number of likely N-dealkylation sites (N-methyl/N-ethyl adjacent to an activating group) is 2. The fraction of sp³-hybridized carbons (Fsp3) is 0.529. The van der Waals surface area contributed by atoms with E-state index in [1.54, 1.807) is 12.3 Å². The summed E-state index contributed by atoms with van der Waals surface area (Å²) in [5.41, 5.74) is 0. The highest BCUT2D eigenvalue weighted by atomic mass is 127. The molecule has 1 amide bonds. The number of rotatable bonds is 9. The van der Waals surface area contributed by atoms with Crippen LogP contribution in [0.5, 0.6) is 0 Å². The Labute approximate surface area is 162 Å². The van der Waals surface area contributed by atoms with Crippen molar-refractivity contribution in [1.82, 2.24) is 15.1 Å². The number of furan rings is 1. The molecule has 7 heteroatoms. The van der Waals surface area contributed by atoms with Crippen molar-refractivity contribution < 1.29 is 9.21 Å². The standard InChI is InChI=1S/C17H28N4O2.HI/c1-5-11-18-17(19-12-10-15-9-8-13-23-15)20(4)14-16(22)21(6-2)7-3;/h5,8-9,13H,1,6-7,10-12,14H2,2-4H3,(H,18,19);1H. The minimum Gasteiger partial charge on any atom is -0.469 e. The number of nitrogens with zero attached hydrogens (tertiary/aromatic N) is 3. The van der Waals surface area contributed by atoms with E-state index in [0.29, 0.717) is 38.7 Å². The average Bonchev–Trinajstić information content (AvgIpc) is 3.05. The van der Waals surface area contributed by atoms with Crippen LogP contribution in [-0.2, 0) is 11.2 Å². The monoisotopic (exact) mass is 448 g/mol. The van der Waals surface area contributed by atoms with E-state index in [9.17, 15) is 4.79 Å². The SMILES string of the molecule is C=CCNC(=NCCc1ccco1)N(C)CC(=O)N(CC)CC.I. The van der Waals surface area contributed by atoms with Gasteiger partial charge in [-0.3, -0.25) is 9.79 Å². The molecule has 0 aliphatic carbocycles. The van der Waals surface area contributed by atoms with Gasteiger partial charge in [0, 0.05) is 39.6 Å². The molecule has 1 N–H and O–H groups in total. The van der Waals surface area contributed by atoms with Gasteiger partial charge in [0.1, 0.15) is 5.76 Å². The Bertz CT molecular complexity index is 499. The molecule has 0 aliphatic rings. The van der Waals surface area contributed by atoms with Crippen molar-refractivity contribution in [3.63, 3.8) is 0 Å². The molecule has 1 heterocycles. The number of hydrogen-bond donors (Lipinski definition) is 1. The summed E-state index contributed by atoms with van der Waals surface area (Å²) in [5.74, 6) is 1.69. The van der Waals surface area contributed by atoms with Crippen LogP contribution in [0, 0.1) is 0 Å². The minimum absolute atomic E-state index is 0. The van der Waals surface area contributed by atoms with Crippen molar-refractivity contribution in [3.8, 4) is 0 Å². The molecule has 0 atom stereocenters. The molecule has 24 heavy (non-hydrogen) atoms. The van der Waals surface area contributed by atoms with E-state index >= 15 is 0 Å². The summed E-state index contributed by atoms with van der Waals surface area (Å²) in [6, 6.07) is 3.80. The van der Waals surface area contributed by atoms with Crippen LogP contribution in [0.4, 0.5) is 0 Å². The first-order valence-electron chi connectivity index (χ1n) is 8.02. The molecule has 0 aliphatic heterocycles. The van der Waals surface area contributed by atoms with Gasteiger partial charge in [-0.1, -0.05) is 6.08 Å². The lowest BCUT2D eigenvalue weighted by Crippen LogP contribution is -2.45. The third-order valence-electron chi connectivity index (χ3n) is 3.45. The van der Waals surface area contributed by atoms with Gasteiger partial charge in [-0.2, -0.15) is 0 Å². The Hall–Kier alpha value is -1.51. The molecular weight excluding hydrogens is 419 g/mol. The molecule has 0 fully saturated rings. The lowest BCUT2D eigenvalue weighted by Gasteiger charge is -2.25. The molecular formula is C17H29IN4O2. The second-order valence-corrected chi connectivity index (χ2v) is 5.13. The van der Waals surface area contributed by atoms with E-state index in [-0.39, 0.29) is 29.9 Å². The minimum atomic E-state index is 0. The average molecular weight is 448 g/mol. The van der Waals surface area contributed by atoms with Crippen molar-refractivity contribution in [2.24, 2.45) is 4.99 Å². The predicted molar refractivity (Wildman–Crippen MR) is 109 cm³/mol. The predicted octanol–water partition coefficient (Wildman–Crippen LogP) is 2.37. The molecule has 0 saturated heterocycles. The number of halogens is 1. The van der Waals surface area contributed by atoms with E-state index in [2.05, 4.69) is 16.9 Å². The fourth-order valence-electron chi connectivity index (χ4n) is 2.16. The smallest absolute Gasteiger partial charge is 0.242 e. The number of aliphatic imine (C=N–C) groups is 1. The molecule has 0 saturated carbocycles. The van der Waals surface area contributed by atoms with Gasteiger partial charge in [-0.05, 0) is 26.0 Å². The van der Waals surface area contributed by atoms with E-state index in [1.165, 1.54) is 0 Å². The van der Waals surface area contributed by atoms with Gasteiger partial charge in [0.2, 0.25) is 5.91 Å². The molecule has 0 radical (unpaired) electrons. The van der Waals surface area contributed by atoms with Gasteiger partial charge in [-0.25, -0.2) is 0 Å². The van der Waals surface area contributed by atoms with Gasteiger partial charge in [0.15, 0.2) is 5.96 Å². The summed E-state index contributed by atoms with van der Waals surface area (Å²) in [5, 5.41) is 3.19. The van der Waals surface area contributed by atoms with Crippen molar-refractivity contribution in [3.05, 3.63) is 36.8 Å². The first-order valence-corrected chi connectivity index (χ1v) is 8.02. The molecule has 0 unspecified atom stereocenters. The molecule has 1 aromatic rings. The largest absolute Gasteiger partial charge is 0.469 e. The summed E-state index contributed by atoms with van der Waals surface area (Å²) < 4.78 is 5.30. The highest BCUT2D eigenvalue weighted by Gasteiger charge is 2.14. The Kier molecular flexibility index (Phi) is 12.0. The van der Waals surface area contributed by atoms with Gasteiger partial charge < -0.3 is 19.5 Å². The van der Waals surface area contributed by atoms with Gasteiger partial charge >= 0.3 is 0 Å². The van der Waals surface area contributed by atoms with Gasteiger partial charge in [0.05, 0.1) is 12.8 Å². The highest BCUT2D eigenvalue weighted by molar-refractivity contribution is 14.0. The number of nitrogens with one attached hydrogen (secondary N) is 1. The second-order valence-electron chi connectivity index (χ2n) is 5.13. The van der Waals surface area contributed by atoms with Crippen LogP contribution in [0.25, 0.3) is 0 Å². The van der Waals surface area contributed by atoms with Crippen molar-refractivity contribution in [1.29, 1.82) is 0 Å². The maximum Gasteiger partial charge on any atom is 0.242 e. The van der Waals surface area contributed by atoms with E-state index in [4.69, 9.17) is 4.42 Å². The van der Waals surface area contributed by atoms with Gasteiger partial charge in [-0.15, -0.1) is 30.6 Å². The normalized spacial score (nSPS) is 10.7. The number of amides is 1. The van der Waals surface area contributed by atoms with E-state index in [0.717, 1.165) is 12.2 Å². The summed E-state index contributed by atoms with van der Waals surface area (Å²) >= 11 is 0. The molecule has 0 spiro atoms. The Morgan fingerprint density at radius 2 is 2.12 bits per heavy atom. The van der Waals surface area contributed by atoms with Crippen LogP contribution in [0.3, 0.4) is 0 Å². The number of hydrogen-bond acceptors (Lipinski definition) is 3. The second kappa shape index (κ2) is 12.9. The Morgan fingerprint density at radius 3 is 2.67 bits per heavy atom. The van der Waals surface area contributed by atoms with Crippen LogP contribution in [-0.4, -0.2) is 61.4 Å². The van der Waals surface area contributed by atoms with Gasteiger partial charge in [0.25, 0.3) is 0 Å². The molecule has 1 aromatic heterocycles. The molecule has 0 aromatic carbocycles. The lowest BCUT2D eigenvalue weighted by molar-refractivity contribution is -0.131. The zero-order chi connectivity index (χ0) is 17.1. The zero-order valence-electron chi connectivity index (χ0n) is 14.8. The summed E-state index contributed by atoms with van der Waals surface area (Å²) in [6.45, 7) is 10.6. The third kappa shape index (κ3) is 7.85. The lowest BCUT2D eigenvalue weighted by atomic mass is 10.3. The van der Waals surface area contributed by atoms with E-state index < -0.39 is 0 Å². The third-order valence-corrected chi connectivity index (χ3v) is 3.45. The number of carbonyl (C=O) groups excluding carboxylic acids is 1. The van der Waals surface area contributed by atoms with Crippen LogP contribution >= 0.6 is 24.0 Å². The first-order chi connectivity index (χ1) is 11.1. The highest BCUT2D eigenvalue weighted by Crippen LogP contribution is 2.01. The maximum atomic E-state index is 12.2. The molecule has 0 bridgehead atoms. The summed E-state index contributed by atoms with van der Waals surface area (Å²) in [4.78, 5) is 20.4.